The van der Waals surface area contributed by atoms with E-state index in [1.807, 2.05) is 37.4 Å². The Bertz CT molecular complexity index is 954. The van der Waals surface area contributed by atoms with Crippen molar-refractivity contribution in [1.82, 2.24) is 14.8 Å². The molecule has 0 saturated carbocycles. The Morgan fingerprint density at radius 3 is 2.83 bits per heavy atom. The van der Waals surface area contributed by atoms with Crippen LogP contribution in [-0.2, 0) is 11.3 Å². The normalized spacial score (nSPS) is 17.4. The summed E-state index contributed by atoms with van der Waals surface area (Å²) in [6.45, 7) is 1.91. The highest BCUT2D eigenvalue weighted by Gasteiger charge is 2.29. The molecule has 1 aliphatic heterocycles. The summed E-state index contributed by atoms with van der Waals surface area (Å²) in [7, 11) is 3.53. The predicted octanol–water partition coefficient (Wildman–Crippen LogP) is 4.49. The number of carbonyl (C=O) groups is 1. The molecule has 1 amide bonds. The van der Waals surface area contributed by atoms with Crippen LogP contribution in [0.3, 0.4) is 0 Å². The summed E-state index contributed by atoms with van der Waals surface area (Å²) in [6.07, 6.45) is 3.37. The number of carbonyl (C=O) groups excluding carboxylic acids is 1. The summed E-state index contributed by atoms with van der Waals surface area (Å²) in [5, 5.41) is 1.13. The molecule has 1 atom stereocenters. The molecular formula is C23H27N3O2S. The Labute approximate surface area is 175 Å². The summed E-state index contributed by atoms with van der Waals surface area (Å²) in [5.41, 5.74) is 2.07. The minimum atomic E-state index is 0.129. The van der Waals surface area contributed by atoms with Gasteiger partial charge in [0.1, 0.15) is 10.8 Å². The number of hydrogen-bond donors (Lipinski definition) is 0. The number of benzene rings is 2. The molecule has 1 saturated heterocycles. The fourth-order valence-electron chi connectivity index (χ4n) is 3.96. The number of likely N-dealkylation sites (tertiary alicyclic amines) is 1. The van der Waals surface area contributed by atoms with E-state index in [0.29, 0.717) is 13.1 Å². The summed E-state index contributed by atoms with van der Waals surface area (Å²) >= 11 is 1.76. The molecule has 0 N–H and O–H groups in total. The Morgan fingerprint density at radius 2 is 2.00 bits per heavy atom. The number of thiazole rings is 1. The molecule has 1 fully saturated rings. The van der Waals surface area contributed by atoms with Gasteiger partial charge in [-0.1, -0.05) is 36.8 Å². The molecule has 3 aromatic rings. The molecule has 0 spiro atoms. The molecular weight excluding hydrogens is 382 g/mol. The van der Waals surface area contributed by atoms with Crippen LogP contribution in [0.15, 0.2) is 48.5 Å². The molecule has 2 aromatic carbocycles. The van der Waals surface area contributed by atoms with Gasteiger partial charge < -0.3 is 9.64 Å². The quantitative estimate of drug-likeness (QED) is 0.602. The second-order valence-corrected chi connectivity index (χ2v) is 8.63. The molecule has 5 nitrogen and oxygen atoms in total. The third-order valence-corrected chi connectivity index (χ3v) is 6.71. The summed E-state index contributed by atoms with van der Waals surface area (Å²) in [4.78, 5) is 22.0. The van der Waals surface area contributed by atoms with Crippen LogP contribution < -0.4 is 4.74 Å². The van der Waals surface area contributed by atoms with Gasteiger partial charge in [-0.3, -0.25) is 9.69 Å². The summed E-state index contributed by atoms with van der Waals surface area (Å²) < 4.78 is 6.64. The highest BCUT2D eigenvalue weighted by Crippen LogP contribution is 2.35. The fraction of sp³-hybridized carbons (Fsp3) is 0.391. The average Bonchev–Trinajstić information content (AvgIpc) is 3.18. The molecule has 1 unspecified atom stereocenters. The Hall–Kier alpha value is -2.44. The molecule has 1 aliphatic rings. The number of hydrogen-bond acceptors (Lipinski definition) is 5. The van der Waals surface area contributed by atoms with Gasteiger partial charge in [-0.2, -0.15) is 0 Å². The maximum atomic E-state index is 13.0. The van der Waals surface area contributed by atoms with Gasteiger partial charge in [0.05, 0.1) is 29.9 Å². The van der Waals surface area contributed by atoms with Crippen LogP contribution in [0.2, 0.25) is 0 Å². The number of methoxy groups -OCH3 is 1. The van der Waals surface area contributed by atoms with Crippen molar-refractivity contribution in [2.45, 2.75) is 31.8 Å². The van der Waals surface area contributed by atoms with Crippen LogP contribution in [0.4, 0.5) is 0 Å². The first kappa shape index (κ1) is 19.9. The van der Waals surface area contributed by atoms with Gasteiger partial charge in [0, 0.05) is 19.2 Å². The van der Waals surface area contributed by atoms with Gasteiger partial charge in [0.25, 0.3) is 0 Å². The van der Waals surface area contributed by atoms with Gasteiger partial charge in [-0.15, -0.1) is 11.3 Å². The van der Waals surface area contributed by atoms with E-state index in [-0.39, 0.29) is 11.9 Å². The van der Waals surface area contributed by atoms with Crippen molar-refractivity contribution in [1.29, 1.82) is 0 Å². The summed E-state index contributed by atoms with van der Waals surface area (Å²) in [5.74, 6) is 0.946. The van der Waals surface area contributed by atoms with Crippen molar-refractivity contribution < 1.29 is 9.53 Å². The molecule has 0 aliphatic carbocycles. The molecule has 2 heterocycles. The van der Waals surface area contributed by atoms with Crippen LogP contribution in [-0.4, -0.2) is 47.9 Å². The number of fused-ring (bicyclic) bond motifs is 1. The van der Waals surface area contributed by atoms with Crippen molar-refractivity contribution in [2.75, 3.05) is 27.2 Å². The highest BCUT2D eigenvalue weighted by molar-refractivity contribution is 7.18. The van der Waals surface area contributed by atoms with Crippen LogP contribution in [0.5, 0.6) is 5.75 Å². The zero-order valence-corrected chi connectivity index (χ0v) is 17.8. The standard InChI is InChI=1S/C23H27N3O2S/c1-25(15-17-9-3-5-12-20(17)28-2)22(27)16-26-14-8-7-11-19(26)23-24-18-10-4-6-13-21(18)29-23/h3-6,9-10,12-13,19H,7-8,11,14-16H2,1-2H3. The van der Waals surface area contributed by atoms with Crippen molar-refractivity contribution >= 4 is 27.5 Å². The third-order valence-electron chi connectivity index (χ3n) is 5.57. The Morgan fingerprint density at radius 1 is 1.21 bits per heavy atom. The maximum absolute atomic E-state index is 13.0. The Balaban J connectivity index is 1.46. The van der Waals surface area contributed by atoms with Crippen LogP contribution in [0.25, 0.3) is 10.2 Å². The van der Waals surface area contributed by atoms with Gasteiger partial charge in [-0.25, -0.2) is 4.98 Å². The number of nitrogens with zero attached hydrogens (tertiary/aromatic N) is 3. The second-order valence-electron chi connectivity index (χ2n) is 7.56. The largest absolute Gasteiger partial charge is 0.496 e. The predicted molar refractivity (Wildman–Crippen MR) is 117 cm³/mol. The van der Waals surface area contributed by atoms with E-state index in [1.165, 1.54) is 11.1 Å². The molecule has 0 bridgehead atoms. The van der Waals surface area contributed by atoms with E-state index in [1.54, 1.807) is 23.3 Å². The lowest BCUT2D eigenvalue weighted by Gasteiger charge is -2.35. The molecule has 1 aromatic heterocycles. The third kappa shape index (κ3) is 4.43. The lowest BCUT2D eigenvalue weighted by molar-refractivity contribution is -0.132. The van der Waals surface area contributed by atoms with Crippen LogP contribution in [0.1, 0.15) is 35.9 Å². The number of para-hydroxylation sites is 2. The number of piperidine rings is 1. The number of likely N-dealkylation sites (N-methyl/N-ethyl adjacent to an activating group) is 1. The smallest absolute Gasteiger partial charge is 0.236 e. The van der Waals surface area contributed by atoms with Crippen LogP contribution in [0, 0.1) is 0 Å². The SMILES string of the molecule is COc1ccccc1CN(C)C(=O)CN1CCCCC1c1nc2ccccc2s1. The first-order valence-corrected chi connectivity index (χ1v) is 10.9. The van der Waals surface area contributed by atoms with E-state index < -0.39 is 0 Å². The van der Waals surface area contributed by atoms with Crippen molar-refractivity contribution in [3.05, 3.63) is 59.1 Å². The highest BCUT2D eigenvalue weighted by atomic mass is 32.1. The minimum absolute atomic E-state index is 0.129. The average molecular weight is 410 g/mol. The van der Waals surface area contributed by atoms with E-state index in [2.05, 4.69) is 23.1 Å². The molecule has 4 rings (SSSR count). The van der Waals surface area contributed by atoms with E-state index >= 15 is 0 Å². The second kappa shape index (κ2) is 8.93. The van der Waals surface area contributed by atoms with Crippen molar-refractivity contribution in [3.8, 4) is 5.75 Å². The van der Waals surface area contributed by atoms with E-state index in [0.717, 1.165) is 41.2 Å². The lowest BCUT2D eigenvalue weighted by atomic mass is 10.0. The zero-order chi connectivity index (χ0) is 20.2. The lowest BCUT2D eigenvalue weighted by Crippen LogP contribution is -2.42. The molecule has 0 radical (unpaired) electrons. The van der Waals surface area contributed by atoms with E-state index in [9.17, 15) is 4.79 Å². The molecule has 152 valence electrons. The maximum Gasteiger partial charge on any atom is 0.236 e. The van der Waals surface area contributed by atoms with E-state index in [4.69, 9.17) is 9.72 Å². The van der Waals surface area contributed by atoms with Crippen molar-refractivity contribution in [2.24, 2.45) is 0 Å². The van der Waals surface area contributed by atoms with Gasteiger partial charge >= 0.3 is 0 Å². The van der Waals surface area contributed by atoms with Crippen molar-refractivity contribution in [3.63, 3.8) is 0 Å². The zero-order valence-electron chi connectivity index (χ0n) is 17.0. The topological polar surface area (TPSA) is 45.7 Å². The summed E-state index contributed by atoms with van der Waals surface area (Å²) in [6, 6.07) is 16.4. The number of rotatable bonds is 6. The minimum Gasteiger partial charge on any atom is -0.496 e. The first-order chi connectivity index (χ1) is 14.2. The number of ether oxygens (including phenoxy) is 1. The molecule has 6 heteroatoms. The fourth-order valence-corrected chi connectivity index (χ4v) is 5.10. The number of amides is 1. The first-order valence-electron chi connectivity index (χ1n) is 10.1. The number of aromatic nitrogens is 1. The van der Waals surface area contributed by atoms with Gasteiger partial charge in [0.2, 0.25) is 5.91 Å². The molecule has 29 heavy (non-hydrogen) atoms. The Kier molecular flexibility index (Phi) is 6.11. The van der Waals surface area contributed by atoms with Gasteiger partial charge in [-0.05, 0) is 37.6 Å². The van der Waals surface area contributed by atoms with Crippen LogP contribution >= 0.6 is 11.3 Å². The van der Waals surface area contributed by atoms with Gasteiger partial charge in [0.15, 0.2) is 0 Å². The monoisotopic (exact) mass is 409 g/mol.